The minimum absolute atomic E-state index is 0.00127. The molecule has 2 aromatic carbocycles. The fourth-order valence-electron chi connectivity index (χ4n) is 9.35. The maximum atomic E-state index is 15.5. The van der Waals surface area contributed by atoms with Gasteiger partial charge in [-0.3, -0.25) is 34.2 Å². The van der Waals surface area contributed by atoms with Gasteiger partial charge < -0.3 is 30.7 Å². The molecule has 4 aromatic rings. The fourth-order valence-corrected chi connectivity index (χ4v) is 9.62. The molecular weight excluding hydrogens is 836 g/mol. The van der Waals surface area contributed by atoms with Crippen LogP contribution in [0.15, 0.2) is 48.8 Å². The highest BCUT2D eigenvalue weighted by molar-refractivity contribution is 6.33. The maximum absolute atomic E-state index is 15.5. The van der Waals surface area contributed by atoms with Crippen molar-refractivity contribution in [1.82, 2.24) is 35.4 Å². The van der Waals surface area contributed by atoms with E-state index in [1.165, 1.54) is 18.5 Å². The molecule has 4 N–H and O–H groups in total. The number of carbonyl (C=O) groups is 5. The molecule has 3 fully saturated rings. The van der Waals surface area contributed by atoms with Crippen molar-refractivity contribution in [3.8, 4) is 0 Å². The first-order chi connectivity index (χ1) is 30.4. The van der Waals surface area contributed by atoms with Gasteiger partial charge in [-0.25, -0.2) is 19.3 Å². The molecule has 3 saturated heterocycles. The van der Waals surface area contributed by atoms with E-state index in [2.05, 4.69) is 46.0 Å². The lowest BCUT2D eigenvalue weighted by molar-refractivity contribution is -0.136. The van der Waals surface area contributed by atoms with Gasteiger partial charge in [-0.15, -0.1) is 0 Å². The zero-order chi connectivity index (χ0) is 43.9. The van der Waals surface area contributed by atoms with Crippen molar-refractivity contribution in [3.05, 3.63) is 93.5 Å². The summed E-state index contributed by atoms with van der Waals surface area (Å²) in [6.45, 7) is 4.72. The first kappa shape index (κ1) is 42.1. The summed E-state index contributed by atoms with van der Waals surface area (Å²) in [6.07, 6.45) is 5.12. The van der Waals surface area contributed by atoms with Gasteiger partial charge in [-0.05, 0) is 86.9 Å². The third-order valence-corrected chi connectivity index (χ3v) is 13.1. The van der Waals surface area contributed by atoms with E-state index < -0.39 is 47.3 Å². The van der Waals surface area contributed by atoms with Crippen molar-refractivity contribution in [2.45, 2.75) is 63.6 Å². The predicted molar refractivity (Wildman–Crippen MR) is 230 cm³/mol. The van der Waals surface area contributed by atoms with Crippen molar-refractivity contribution >= 4 is 69.8 Å². The van der Waals surface area contributed by atoms with Gasteiger partial charge in [0, 0.05) is 70.0 Å². The predicted octanol–water partition coefficient (Wildman–Crippen LogP) is 4.66. The van der Waals surface area contributed by atoms with Crippen molar-refractivity contribution in [2.24, 2.45) is 5.92 Å². The third-order valence-electron chi connectivity index (χ3n) is 12.8. The van der Waals surface area contributed by atoms with Gasteiger partial charge in [-0.1, -0.05) is 11.6 Å². The second kappa shape index (κ2) is 17.5. The smallest absolute Gasteiger partial charge is 0.262 e. The maximum Gasteiger partial charge on any atom is 0.262 e. The van der Waals surface area contributed by atoms with Gasteiger partial charge in [0.05, 0.1) is 45.3 Å². The molecule has 0 aliphatic carbocycles. The zero-order valence-corrected chi connectivity index (χ0v) is 35.3. The Labute approximate surface area is 366 Å². The molecule has 0 saturated carbocycles. The second-order valence-electron chi connectivity index (χ2n) is 16.7. The van der Waals surface area contributed by atoms with E-state index in [0.717, 1.165) is 66.1 Å². The highest BCUT2D eigenvalue weighted by Gasteiger charge is 2.45. The molecule has 7 heterocycles. The summed E-state index contributed by atoms with van der Waals surface area (Å²) in [4.78, 5) is 84.0. The van der Waals surface area contributed by atoms with E-state index in [4.69, 9.17) is 11.6 Å². The molecule has 63 heavy (non-hydrogen) atoms. The van der Waals surface area contributed by atoms with Crippen molar-refractivity contribution < 1.29 is 32.8 Å². The topological polar surface area (TPSA) is 185 Å². The van der Waals surface area contributed by atoms with Crippen molar-refractivity contribution in [1.29, 1.82) is 0 Å². The van der Waals surface area contributed by atoms with Gasteiger partial charge in [0.1, 0.15) is 29.8 Å². The Morgan fingerprint density at radius 1 is 0.873 bits per heavy atom. The lowest BCUT2D eigenvalue weighted by Crippen LogP contribution is -2.54. The number of amides is 5. The Morgan fingerprint density at radius 2 is 1.63 bits per heavy atom. The number of aromatic nitrogens is 3. The summed E-state index contributed by atoms with van der Waals surface area (Å²) in [5.41, 5.74) is 3.65. The van der Waals surface area contributed by atoms with E-state index in [1.54, 1.807) is 6.07 Å². The van der Waals surface area contributed by atoms with E-state index in [1.807, 2.05) is 30.1 Å². The van der Waals surface area contributed by atoms with Crippen LogP contribution in [0.2, 0.25) is 5.02 Å². The highest BCUT2D eigenvalue weighted by Crippen LogP contribution is 2.35. The number of hydrogen-bond acceptors (Lipinski definition) is 13. The number of piperidine rings is 3. The molecule has 1 atom stereocenters. The van der Waals surface area contributed by atoms with Crippen LogP contribution < -0.4 is 31.1 Å². The first-order valence-electron chi connectivity index (χ1n) is 21.3. The first-order valence-corrected chi connectivity index (χ1v) is 21.6. The minimum Gasteiger partial charge on any atom is -0.387 e. The Bertz CT molecular complexity index is 2510. The van der Waals surface area contributed by atoms with Gasteiger partial charge in [0.25, 0.3) is 17.7 Å². The Morgan fingerprint density at radius 3 is 2.35 bits per heavy atom. The van der Waals surface area contributed by atoms with Crippen LogP contribution in [0.1, 0.15) is 80.9 Å². The normalized spacial score (nSPS) is 19.8. The number of pyridine rings is 1. The summed E-state index contributed by atoms with van der Waals surface area (Å²) in [5, 5.41) is 12.0. The monoisotopic (exact) mass is 881 g/mol. The molecule has 5 aliphatic heterocycles. The number of imide groups is 2. The van der Waals surface area contributed by atoms with Crippen LogP contribution in [0.25, 0.3) is 0 Å². The molecule has 5 aliphatic rings. The Balaban J connectivity index is 0.737. The largest absolute Gasteiger partial charge is 0.387 e. The average Bonchev–Trinajstić information content (AvgIpc) is 3.51. The minimum atomic E-state index is -1.12. The molecule has 328 valence electrons. The number of fused-ring (bicyclic) bond motifs is 2. The fraction of sp³-hybridized carbons (Fsp3) is 0.409. The number of anilines is 5. The number of nitrogens with one attached hydrogen (secondary N) is 4. The number of benzene rings is 2. The molecule has 2 aromatic heterocycles. The van der Waals surface area contributed by atoms with Crippen LogP contribution in [0.3, 0.4) is 0 Å². The lowest BCUT2D eigenvalue weighted by atomic mass is 9.94. The summed E-state index contributed by atoms with van der Waals surface area (Å²) >= 11 is 6.43. The van der Waals surface area contributed by atoms with E-state index >= 15 is 8.78 Å². The van der Waals surface area contributed by atoms with Gasteiger partial charge in [-0.2, -0.15) is 4.39 Å². The van der Waals surface area contributed by atoms with Gasteiger partial charge >= 0.3 is 0 Å². The highest BCUT2D eigenvalue weighted by atomic mass is 35.5. The molecule has 16 nitrogen and oxygen atoms in total. The summed E-state index contributed by atoms with van der Waals surface area (Å²) < 4.78 is 30.8. The van der Waals surface area contributed by atoms with Crippen molar-refractivity contribution in [3.63, 3.8) is 0 Å². The standard InChI is InChI=1S/C44H46ClF2N11O5/c1-48-33-4-2-26(18-31(33)45)57-17-12-27-34(22-57)49-23-50-40(27)53-37-6-3-28(39(47)52-37)41(60)51-25-10-13-55(14-11-25)21-24-8-15-56(16-9-24)36-20-30-29(19-32(36)46)43(62)58(44(30)63)35-5-7-38(59)54-42(35)61/h2-4,6,18-20,23-25,35,48H,5,7-17,21-22H2,1H3,(H,51,60)(H,54,59,61)(H,49,50,52,53). The number of carbonyl (C=O) groups excluding carboxylic acids is 5. The number of nitrogens with zero attached hydrogens (tertiary/aromatic N) is 7. The molecule has 1 unspecified atom stereocenters. The molecule has 0 spiro atoms. The number of hydrogen-bond donors (Lipinski definition) is 4. The molecule has 0 bridgehead atoms. The third kappa shape index (κ3) is 8.48. The number of halogens is 3. The Hall–Kier alpha value is -6.27. The zero-order valence-electron chi connectivity index (χ0n) is 34.6. The number of likely N-dealkylation sites (tertiary alicyclic amines) is 1. The quantitative estimate of drug-likeness (QED) is 0.128. The van der Waals surface area contributed by atoms with E-state index in [9.17, 15) is 24.0 Å². The number of rotatable bonds is 10. The molecule has 0 radical (unpaired) electrons. The van der Waals surface area contributed by atoms with Crippen LogP contribution >= 0.6 is 11.6 Å². The second-order valence-corrected chi connectivity index (χ2v) is 17.1. The van der Waals surface area contributed by atoms with Crippen LogP contribution in [-0.4, -0.2) is 113 Å². The van der Waals surface area contributed by atoms with Gasteiger partial charge in [0.2, 0.25) is 17.8 Å². The van der Waals surface area contributed by atoms with Crippen molar-refractivity contribution in [2.75, 3.05) is 66.7 Å². The lowest BCUT2D eigenvalue weighted by Gasteiger charge is -2.38. The van der Waals surface area contributed by atoms with Crippen LogP contribution in [0, 0.1) is 17.7 Å². The summed E-state index contributed by atoms with van der Waals surface area (Å²) in [5.74, 6) is -3.49. The Kier molecular flexibility index (Phi) is 11.7. The summed E-state index contributed by atoms with van der Waals surface area (Å²) in [6, 6.07) is 10.1. The summed E-state index contributed by atoms with van der Waals surface area (Å²) in [7, 11) is 1.82. The molecule has 9 rings (SSSR count). The molecular formula is C44H46ClF2N11O5. The van der Waals surface area contributed by atoms with Crippen LogP contribution in [0.4, 0.5) is 37.5 Å². The van der Waals surface area contributed by atoms with Gasteiger partial charge in [0.15, 0.2) is 0 Å². The molecule has 19 heteroatoms. The van der Waals surface area contributed by atoms with E-state index in [-0.39, 0.29) is 47.1 Å². The van der Waals surface area contributed by atoms with Crippen LogP contribution in [0.5, 0.6) is 0 Å². The SMILES string of the molecule is CNc1ccc(N2CCc3c(ncnc3Nc3ccc(C(=O)NC4CCN(CC5CCN(c6cc7c(cc6F)C(=O)N(C6CCC(=O)NC6=O)C7=O)CC5)CC4)c(F)n3)C2)cc1Cl. The van der Waals surface area contributed by atoms with Crippen LogP contribution in [-0.2, 0) is 22.6 Å². The van der Waals surface area contributed by atoms with E-state index in [0.29, 0.717) is 62.2 Å². The average molecular weight is 882 g/mol. The molecule has 5 amide bonds.